The number of amides is 1. The lowest BCUT2D eigenvalue weighted by molar-refractivity contribution is -0.138. The minimum Gasteiger partial charge on any atom is -0.480 e. The van der Waals surface area contributed by atoms with Crippen LogP contribution in [0.1, 0.15) is 38.4 Å². The molecule has 1 amide bonds. The second-order valence-electron chi connectivity index (χ2n) is 11.1. The van der Waals surface area contributed by atoms with Crippen LogP contribution in [-0.2, 0) is 16.1 Å². The smallest absolute Gasteiger partial charge is 0.320 e. The van der Waals surface area contributed by atoms with Crippen LogP contribution in [0.5, 0.6) is 0 Å². The van der Waals surface area contributed by atoms with Gasteiger partial charge in [-0.15, -0.1) is 0 Å². The minimum absolute atomic E-state index is 0.328. The number of piperidine rings is 1. The number of likely N-dealkylation sites (N-methyl/N-ethyl adjacent to an activating group) is 1. The Balaban J connectivity index is 1.59. The van der Waals surface area contributed by atoms with E-state index in [1.165, 1.54) is 0 Å². The van der Waals surface area contributed by atoms with E-state index >= 15 is 0 Å². The number of fused-ring (bicyclic) bond motifs is 1. The van der Waals surface area contributed by atoms with Gasteiger partial charge in [0, 0.05) is 29.4 Å². The first-order chi connectivity index (χ1) is 21.6. The molecule has 1 aliphatic heterocycles. The standard InChI is InChI=1S/C31H37Cl2N9O3/c1-2-37-31(30(35)45)13-16-41(17-14-31)27-25-28(39-24(38-27)18-36-15-5-8-23(34)29(43)44)42(20-11-9-19(32)10-12-20)26(40-25)21-6-3-4-7-22(21)33/h3-4,6-7,9-12,23,36-37H,2,5,8,13-18,34H2,1H3,(H2,35,45)(H,43,44). The van der Waals surface area contributed by atoms with Crippen molar-refractivity contribution in [1.82, 2.24) is 30.2 Å². The van der Waals surface area contributed by atoms with Gasteiger partial charge in [-0.3, -0.25) is 14.2 Å². The quantitative estimate of drug-likeness (QED) is 0.134. The molecule has 1 saturated heterocycles. The van der Waals surface area contributed by atoms with Gasteiger partial charge in [0.2, 0.25) is 5.91 Å². The minimum atomic E-state index is -1.02. The van der Waals surface area contributed by atoms with E-state index in [1.54, 1.807) is 12.1 Å². The third-order valence-corrected chi connectivity index (χ3v) is 8.69. The van der Waals surface area contributed by atoms with Crippen LogP contribution >= 0.6 is 23.2 Å². The Morgan fingerprint density at radius 3 is 2.42 bits per heavy atom. The number of hydrogen-bond acceptors (Lipinski definition) is 9. The van der Waals surface area contributed by atoms with Gasteiger partial charge in [-0.1, -0.05) is 42.3 Å². The van der Waals surface area contributed by atoms with Gasteiger partial charge in [0.15, 0.2) is 17.0 Å². The van der Waals surface area contributed by atoms with Gasteiger partial charge in [0.05, 0.1) is 11.6 Å². The molecule has 2 aromatic carbocycles. The van der Waals surface area contributed by atoms with E-state index in [4.69, 9.17) is 54.7 Å². The van der Waals surface area contributed by atoms with Crippen LogP contribution in [0.4, 0.5) is 5.82 Å². The number of halogens is 2. The largest absolute Gasteiger partial charge is 0.480 e. The van der Waals surface area contributed by atoms with E-state index in [1.807, 2.05) is 47.9 Å². The normalized spacial score (nSPS) is 15.3. The number of nitrogens with two attached hydrogens (primary N) is 2. The molecule has 45 heavy (non-hydrogen) atoms. The Labute approximate surface area is 271 Å². The maximum Gasteiger partial charge on any atom is 0.320 e. The fraction of sp³-hybridized carbons (Fsp3) is 0.387. The number of nitrogens with zero attached hydrogens (tertiary/aromatic N) is 5. The molecule has 2 aromatic heterocycles. The predicted octanol–water partition coefficient (Wildman–Crippen LogP) is 3.50. The van der Waals surface area contributed by atoms with Crippen LogP contribution in [0, 0.1) is 0 Å². The zero-order valence-electron chi connectivity index (χ0n) is 25.0. The van der Waals surface area contributed by atoms with E-state index in [9.17, 15) is 9.59 Å². The second-order valence-corrected chi connectivity index (χ2v) is 11.9. The average Bonchev–Trinajstić information content (AvgIpc) is 3.40. The highest BCUT2D eigenvalue weighted by Gasteiger charge is 2.40. The number of aliphatic carboxylic acids is 1. The first-order valence-corrected chi connectivity index (χ1v) is 15.7. The summed E-state index contributed by atoms with van der Waals surface area (Å²) in [7, 11) is 0. The number of carboxylic acid groups (broad SMARTS) is 1. The number of anilines is 1. The van der Waals surface area contributed by atoms with Gasteiger partial charge in [-0.25, -0.2) is 15.0 Å². The molecule has 238 valence electrons. The number of imidazole rings is 1. The summed E-state index contributed by atoms with van der Waals surface area (Å²) >= 11 is 12.9. The van der Waals surface area contributed by atoms with E-state index < -0.39 is 17.6 Å². The van der Waals surface area contributed by atoms with E-state index in [2.05, 4.69) is 15.5 Å². The topological polar surface area (TPSA) is 177 Å². The molecule has 0 bridgehead atoms. The average molecular weight is 655 g/mol. The Morgan fingerprint density at radius 1 is 1.07 bits per heavy atom. The van der Waals surface area contributed by atoms with Crippen molar-refractivity contribution < 1.29 is 14.7 Å². The number of hydrogen-bond donors (Lipinski definition) is 5. The highest BCUT2D eigenvalue weighted by atomic mass is 35.5. The number of aromatic nitrogens is 4. The summed E-state index contributed by atoms with van der Waals surface area (Å²) in [6, 6.07) is 14.0. The molecule has 0 radical (unpaired) electrons. The van der Waals surface area contributed by atoms with Crippen molar-refractivity contribution in [3.63, 3.8) is 0 Å². The number of carbonyl (C=O) groups is 2. The van der Waals surface area contributed by atoms with Crippen LogP contribution < -0.4 is 27.0 Å². The molecule has 12 nitrogen and oxygen atoms in total. The van der Waals surface area contributed by atoms with Crippen molar-refractivity contribution in [3.8, 4) is 17.1 Å². The van der Waals surface area contributed by atoms with Crippen molar-refractivity contribution >= 4 is 52.1 Å². The van der Waals surface area contributed by atoms with Crippen molar-refractivity contribution in [2.45, 2.75) is 50.7 Å². The zero-order chi connectivity index (χ0) is 32.1. The number of carboxylic acids is 1. The van der Waals surface area contributed by atoms with Crippen LogP contribution in [-0.4, -0.2) is 74.3 Å². The first kappa shape index (κ1) is 32.6. The Hall–Kier alpha value is -3.81. The lowest BCUT2D eigenvalue weighted by atomic mass is 9.86. The number of nitrogens with one attached hydrogen (secondary N) is 2. The molecule has 5 rings (SSSR count). The molecule has 1 unspecified atom stereocenters. The molecular weight excluding hydrogens is 617 g/mol. The first-order valence-electron chi connectivity index (χ1n) is 14.9. The van der Waals surface area contributed by atoms with Crippen LogP contribution in [0.15, 0.2) is 48.5 Å². The molecule has 1 aliphatic rings. The SMILES string of the molecule is CCNC1(C(N)=O)CCN(c2nc(CNCCCC(N)C(=O)O)nc3c2nc(-c2ccccc2Cl)n3-c2ccc(Cl)cc2)CC1. The third kappa shape index (κ3) is 7.05. The van der Waals surface area contributed by atoms with Gasteiger partial charge in [-0.2, -0.15) is 0 Å². The summed E-state index contributed by atoms with van der Waals surface area (Å²) in [6.45, 7) is 4.50. The maximum absolute atomic E-state index is 12.5. The van der Waals surface area contributed by atoms with Gasteiger partial charge in [-0.05, 0) is 75.2 Å². The van der Waals surface area contributed by atoms with Gasteiger partial charge >= 0.3 is 5.97 Å². The highest BCUT2D eigenvalue weighted by molar-refractivity contribution is 6.33. The zero-order valence-corrected chi connectivity index (χ0v) is 26.5. The molecule has 3 heterocycles. The second kappa shape index (κ2) is 14.1. The fourth-order valence-corrected chi connectivity index (χ4v) is 6.01. The van der Waals surface area contributed by atoms with Crippen molar-refractivity contribution in [3.05, 3.63) is 64.4 Å². The highest BCUT2D eigenvalue weighted by Crippen LogP contribution is 2.36. The number of rotatable bonds is 13. The molecule has 0 saturated carbocycles. The Kier molecular flexibility index (Phi) is 10.2. The molecular formula is C31H37Cl2N9O3. The molecule has 0 spiro atoms. The Bertz CT molecular complexity index is 1670. The van der Waals surface area contributed by atoms with E-state index in [0.717, 1.165) is 11.3 Å². The van der Waals surface area contributed by atoms with Crippen molar-refractivity contribution in [1.29, 1.82) is 0 Å². The summed E-state index contributed by atoms with van der Waals surface area (Å²) < 4.78 is 1.95. The molecule has 1 atom stereocenters. The molecule has 4 aromatic rings. The Morgan fingerprint density at radius 2 is 1.78 bits per heavy atom. The van der Waals surface area contributed by atoms with Gasteiger partial charge < -0.3 is 32.1 Å². The van der Waals surface area contributed by atoms with Crippen molar-refractivity contribution in [2.75, 3.05) is 31.1 Å². The number of benzene rings is 2. The molecule has 1 fully saturated rings. The molecule has 7 N–H and O–H groups in total. The van der Waals surface area contributed by atoms with Crippen LogP contribution in [0.25, 0.3) is 28.2 Å². The molecule has 14 heteroatoms. The maximum atomic E-state index is 12.5. The van der Waals surface area contributed by atoms with Crippen LogP contribution in [0.2, 0.25) is 10.0 Å². The fourth-order valence-electron chi connectivity index (χ4n) is 5.66. The summed E-state index contributed by atoms with van der Waals surface area (Å²) in [5.41, 5.74) is 13.4. The van der Waals surface area contributed by atoms with Gasteiger partial charge in [0.1, 0.15) is 23.2 Å². The summed E-state index contributed by atoms with van der Waals surface area (Å²) in [5.74, 6) is 0.378. The van der Waals surface area contributed by atoms with Crippen molar-refractivity contribution in [2.24, 2.45) is 11.5 Å². The summed E-state index contributed by atoms with van der Waals surface area (Å²) in [4.78, 5) is 40.7. The predicted molar refractivity (Wildman–Crippen MR) is 176 cm³/mol. The van der Waals surface area contributed by atoms with E-state index in [0.29, 0.717) is 97.1 Å². The van der Waals surface area contributed by atoms with Gasteiger partial charge in [0.25, 0.3) is 0 Å². The lowest BCUT2D eigenvalue weighted by Crippen LogP contribution is -2.61. The molecule has 0 aliphatic carbocycles. The summed E-state index contributed by atoms with van der Waals surface area (Å²) in [6.07, 6.45) is 1.94. The van der Waals surface area contributed by atoms with E-state index in [-0.39, 0.29) is 5.91 Å². The lowest BCUT2D eigenvalue weighted by Gasteiger charge is -2.40. The summed E-state index contributed by atoms with van der Waals surface area (Å²) in [5, 5.41) is 16.8. The number of carbonyl (C=O) groups excluding carboxylic acids is 1. The number of primary amides is 1. The monoisotopic (exact) mass is 653 g/mol. The third-order valence-electron chi connectivity index (χ3n) is 8.11. The van der Waals surface area contributed by atoms with Crippen LogP contribution in [0.3, 0.4) is 0 Å².